The zero-order valence-corrected chi connectivity index (χ0v) is 20.1. The topological polar surface area (TPSA) is 106 Å². The minimum Gasteiger partial charge on any atom is -0.382 e. The first-order valence-electron chi connectivity index (χ1n) is 11.3. The summed E-state index contributed by atoms with van der Waals surface area (Å²) in [5, 5.41) is 5.42. The Hall–Kier alpha value is -3.43. The van der Waals surface area contributed by atoms with Crippen molar-refractivity contribution in [1.82, 2.24) is 19.7 Å². The van der Waals surface area contributed by atoms with Gasteiger partial charge in [-0.25, -0.2) is 18.1 Å². The third-order valence-electron chi connectivity index (χ3n) is 6.01. The summed E-state index contributed by atoms with van der Waals surface area (Å²) in [6, 6.07) is 17.8. The molecule has 8 nitrogen and oxygen atoms in total. The molecule has 0 amide bonds. The first-order chi connectivity index (χ1) is 16.3. The smallest absolute Gasteiger partial charge is 0.261 e. The Bertz CT molecular complexity index is 1430. The molecule has 0 bridgehead atoms. The van der Waals surface area contributed by atoms with Gasteiger partial charge < -0.3 is 10.6 Å². The van der Waals surface area contributed by atoms with Crippen molar-refractivity contribution in [3.05, 3.63) is 66.4 Å². The van der Waals surface area contributed by atoms with E-state index >= 15 is 0 Å². The van der Waals surface area contributed by atoms with Gasteiger partial charge in [-0.3, -0.25) is 4.72 Å². The number of aromatic nitrogens is 3. The molecule has 9 heteroatoms. The van der Waals surface area contributed by atoms with Crippen LogP contribution in [-0.2, 0) is 16.6 Å². The Morgan fingerprint density at radius 3 is 2.44 bits per heavy atom. The first-order valence-corrected chi connectivity index (χ1v) is 12.8. The van der Waals surface area contributed by atoms with E-state index < -0.39 is 10.0 Å². The fourth-order valence-corrected chi connectivity index (χ4v) is 5.10. The summed E-state index contributed by atoms with van der Waals surface area (Å²) >= 11 is 0. The van der Waals surface area contributed by atoms with Crippen LogP contribution in [0.15, 0.2) is 65.6 Å². The molecule has 0 atom stereocenters. The highest BCUT2D eigenvalue weighted by Crippen LogP contribution is 2.42. The Labute approximate surface area is 199 Å². The molecule has 2 heterocycles. The van der Waals surface area contributed by atoms with Crippen LogP contribution >= 0.6 is 0 Å². The van der Waals surface area contributed by atoms with Gasteiger partial charge in [0, 0.05) is 23.8 Å². The second-order valence-electron chi connectivity index (χ2n) is 8.98. The summed E-state index contributed by atoms with van der Waals surface area (Å²) in [5.41, 5.74) is 10.6. The molecule has 1 fully saturated rings. The number of sulfonamides is 1. The standard InChI is InChI=1S/C25H28N6O2S/c1-30(2)14-15-31-25-23(24(26)28-31)21(16-22(27-25)18-8-9-18)17-10-12-19(13-11-17)29-34(32,33)20-6-4-3-5-7-20/h3-7,10-13,16,18,29H,8-9,14-15H2,1-2H3,(H2,26,28). The summed E-state index contributed by atoms with van der Waals surface area (Å²) in [6.07, 6.45) is 2.28. The molecule has 1 aliphatic carbocycles. The van der Waals surface area contributed by atoms with Gasteiger partial charge in [-0.05, 0) is 68.4 Å². The average Bonchev–Trinajstić information content (AvgIpc) is 3.62. The Kier molecular flexibility index (Phi) is 5.75. The zero-order chi connectivity index (χ0) is 23.9. The monoisotopic (exact) mass is 476 g/mol. The minimum absolute atomic E-state index is 0.224. The van der Waals surface area contributed by atoms with Crippen molar-refractivity contribution >= 4 is 32.6 Å². The van der Waals surface area contributed by atoms with Crippen LogP contribution in [0.3, 0.4) is 0 Å². The number of likely N-dealkylation sites (N-methyl/N-ethyl adjacent to an activating group) is 1. The Balaban J connectivity index is 1.51. The third kappa shape index (κ3) is 4.49. The van der Waals surface area contributed by atoms with Gasteiger partial charge in [0.15, 0.2) is 11.5 Å². The number of nitrogens with two attached hydrogens (primary N) is 1. The number of anilines is 2. The number of fused-ring (bicyclic) bond motifs is 1. The van der Waals surface area contributed by atoms with E-state index in [0.717, 1.165) is 47.2 Å². The summed E-state index contributed by atoms with van der Waals surface area (Å²) in [6.45, 7) is 1.53. The average molecular weight is 477 g/mol. The minimum atomic E-state index is -3.65. The molecule has 176 valence electrons. The first kappa shape index (κ1) is 22.4. The lowest BCUT2D eigenvalue weighted by molar-refractivity contribution is 0.376. The number of nitrogens with one attached hydrogen (secondary N) is 1. The highest BCUT2D eigenvalue weighted by Gasteiger charge is 2.28. The van der Waals surface area contributed by atoms with Crippen molar-refractivity contribution in [2.24, 2.45) is 0 Å². The van der Waals surface area contributed by atoms with Crippen molar-refractivity contribution in [2.45, 2.75) is 30.2 Å². The molecule has 0 aliphatic heterocycles. The summed E-state index contributed by atoms with van der Waals surface area (Å²) < 4.78 is 29.9. The van der Waals surface area contributed by atoms with Crippen LogP contribution < -0.4 is 10.5 Å². The Morgan fingerprint density at radius 1 is 1.09 bits per heavy atom. The molecule has 4 aromatic rings. The van der Waals surface area contributed by atoms with Crippen molar-refractivity contribution in [1.29, 1.82) is 0 Å². The quantitative estimate of drug-likeness (QED) is 0.399. The summed E-state index contributed by atoms with van der Waals surface area (Å²) in [4.78, 5) is 7.26. The van der Waals surface area contributed by atoms with E-state index in [9.17, 15) is 8.42 Å². The predicted molar refractivity (Wildman–Crippen MR) is 135 cm³/mol. The molecule has 0 unspecified atom stereocenters. The lowest BCUT2D eigenvalue weighted by atomic mass is 10.0. The third-order valence-corrected chi connectivity index (χ3v) is 7.40. The number of nitrogen functional groups attached to an aromatic ring is 1. The molecule has 2 aromatic heterocycles. The van der Waals surface area contributed by atoms with E-state index in [4.69, 9.17) is 10.7 Å². The van der Waals surface area contributed by atoms with Crippen molar-refractivity contribution < 1.29 is 8.42 Å². The lowest BCUT2D eigenvalue weighted by Crippen LogP contribution is -2.19. The second-order valence-corrected chi connectivity index (χ2v) is 10.7. The van der Waals surface area contributed by atoms with E-state index in [1.165, 1.54) is 0 Å². The number of hydrogen-bond donors (Lipinski definition) is 2. The fraction of sp³-hybridized carbons (Fsp3) is 0.280. The lowest BCUT2D eigenvalue weighted by Gasteiger charge is -2.12. The highest BCUT2D eigenvalue weighted by molar-refractivity contribution is 7.92. The number of benzene rings is 2. The van der Waals surface area contributed by atoms with E-state index in [1.54, 1.807) is 42.5 Å². The molecule has 1 aliphatic rings. The number of hydrogen-bond acceptors (Lipinski definition) is 6. The molecular weight excluding hydrogens is 448 g/mol. The van der Waals surface area contributed by atoms with Crippen LogP contribution in [0, 0.1) is 0 Å². The van der Waals surface area contributed by atoms with Crippen LogP contribution in [0.1, 0.15) is 24.5 Å². The van der Waals surface area contributed by atoms with Crippen LogP contribution in [0.25, 0.3) is 22.2 Å². The van der Waals surface area contributed by atoms with Crippen molar-refractivity contribution in [3.63, 3.8) is 0 Å². The zero-order valence-electron chi connectivity index (χ0n) is 19.3. The van der Waals surface area contributed by atoms with E-state index in [-0.39, 0.29) is 4.90 Å². The molecule has 1 saturated carbocycles. The molecule has 0 spiro atoms. The summed E-state index contributed by atoms with van der Waals surface area (Å²) in [7, 11) is 0.401. The van der Waals surface area contributed by atoms with Crippen molar-refractivity contribution in [2.75, 3.05) is 31.1 Å². The molecule has 5 rings (SSSR count). The van der Waals surface area contributed by atoms with Crippen LogP contribution in [0.4, 0.5) is 11.5 Å². The van der Waals surface area contributed by atoms with Crippen LogP contribution in [0.2, 0.25) is 0 Å². The van der Waals surface area contributed by atoms with Crippen LogP contribution in [0.5, 0.6) is 0 Å². The maximum Gasteiger partial charge on any atom is 0.261 e. The van der Waals surface area contributed by atoms with Gasteiger partial charge in [0.05, 0.1) is 16.8 Å². The Morgan fingerprint density at radius 2 is 1.79 bits per heavy atom. The van der Waals surface area contributed by atoms with Gasteiger partial charge in [0.25, 0.3) is 10.0 Å². The highest BCUT2D eigenvalue weighted by atomic mass is 32.2. The SMILES string of the molecule is CN(C)CCn1nc(N)c2c(-c3ccc(NS(=O)(=O)c4ccccc4)cc3)cc(C3CC3)nc21. The molecule has 0 saturated heterocycles. The van der Waals surface area contributed by atoms with Crippen molar-refractivity contribution in [3.8, 4) is 11.1 Å². The number of nitrogens with zero attached hydrogens (tertiary/aromatic N) is 4. The molecule has 2 aromatic carbocycles. The van der Waals surface area contributed by atoms with Crippen LogP contribution in [-0.4, -0.2) is 48.7 Å². The number of pyridine rings is 1. The normalized spacial score (nSPS) is 14.1. The van der Waals surface area contributed by atoms with E-state index in [2.05, 4.69) is 20.8 Å². The maximum absolute atomic E-state index is 12.7. The van der Waals surface area contributed by atoms with Gasteiger partial charge in [-0.1, -0.05) is 30.3 Å². The van der Waals surface area contributed by atoms with E-state index in [0.29, 0.717) is 24.0 Å². The summed E-state index contributed by atoms with van der Waals surface area (Å²) in [5.74, 6) is 0.922. The van der Waals surface area contributed by atoms with Gasteiger partial charge >= 0.3 is 0 Å². The predicted octanol–water partition coefficient (Wildman–Crippen LogP) is 3.92. The number of rotatable bonds is 8. The molecular formula is C25H28N6O2S. The molecule has 0 radical (unpaired) electrons. The van der Waals surface area contributed by atoms with Gasteiger partial charge in [0.2, 0.25) is 0 Å². The fourth-order valence-electron chi connectivity index (χ4n) is 4.02. The van der Waals surface area contributed by atoms with E-state index in [1.807, 2.05) is 30.9 Å². The second kappa shape index (κ2) is 8.73. The van der Waals surface area contributed by atoms with Gasteiger partial charge in [-0.2, -0.15) is 5.10 Å². The molecule has 3 N–H and O–H groups in total. The maximum atomic E-state index is 12.7. The van der Waals surface area contributed by atoms with Gasteiger partial charge in [0.1, 0.15) is 0 Å². The molecule has 34 heavy (non-hydrogen) atoms. The van der Waals surface area contributed by atoms with Gasteiger partial charge in [-0.15, -0.1) is 0 Å². The largest absolute Gasteiger partial charge is 0.382 e.